The van der Waals surface area contributed by atoms with Crippen molar-refractivity contribution in [2.45, 2.75) is 32.5 Å². The molecule has 0 saturated heterocycles. The molecule has 2 aromatic carbocycles. The zero-order valence-electron chi connectivity index (χ0n) is 16.0. The van der Waals surface area contributed by atoms with Crippen molar-refractivity contribution in [1.82, 2.24) is 20.1 Å². The monoisotopic (exact) mass is 377 g/mol. The molecule has 0 bridgehead atoms. The van der Waals surface area contributed by atoms with E-state index in [1.54, 1.807) is 0 Å². The summed E-state index contributed by atoms with van der Waals surface area (Å²) < 4.78 is 7.65. The minimum Gasteiger partial charge on any atom is -0.486 e. The van der Waals surface area contributed by atoms with Crippen molar-refractivity contribution in [2.24, 2.45) is 7.05 Å². The fourth-order valence-corrected chi connectivity index (χ4v) is 3.23. The van der Waals surface area contributed by atoms with E-state index >= 15 is 0 Å². The van der Waals surface area contributed by atoms with E-state index < -0.39 is 0 Å². The number of aryl methyl sites for hydroxylation is 1. The highest BCUT2D eigenvalue weighted by Crippen LogP contribution is 2.19. The SMILES string of the molecule is Cc1nnc(COc2ccc(NC(=O)[C@H]3Cc4ccccc4CN3)cc2)n1C. The molecule has 7 heteroatoms. The number of anilines is 1. The van der Waals surface area contributed by atoms with E-state index in [1.165, 1.54) is 11.1 Å². The van der Waals surface area contributed by atoms with Crippen molar-refractivity contribution in [2.75, 3.05) is 5.32 Å². The molecule has 0 spiro atoms. The Morgan fingerprint density at radius 1 is 1.18 bits per heavy atom. The quantitative estimate of drug-likeness (QED) is 0.713. The van der Waals surface area contributed by atoms with Crippen molar-refractivity contribution in [3.63, 3.8) is 0 Å². The topological polar surface area (TPSA) is 81.1 Å². The van der Waals surface area contributed by atoms with Crippen LogP contribution in [0.15, 0.2) is 48.5 Å². The molecule has 144 valence electrons. The first-order valence-corrected chi connectivity index (χ1v) is 9.29. The van der Waals surface area contributed by atoms with Crippen LogP contribution in [-0.2, 0) is 31.4 Å². The zero-order valence-corrected chi connectivity index (χ0v) is 16.0. The largest absolute Gasteiger partial charge is 0.486 e. The molecule has 28 heavy (non-hydrogen) atoms. The van der Waals surface area contributed by atoms with Crippen molar-refractivity contribution < 1.29 is 9.53 Å². The van der Waals surface area contributed by atoms with Crippen LogP contribution in [0.5, 0.6) is 5.75 Å². The first-order valence-electron chi connectivity index (χ1n) is 9.29. The summed E-state index contributed by atoms with van der Waals surface area (Å²) in [6, 6.07) is 15.3. The number of carbonyl (C=O) groups is 1. The van der Waals surface area contributed by atoms with Gasteiger partial charge in [-0.25, -0.2) is 0 Å². The molecule has 2 heterocycles. The lowest BCUT2D eigenvalue weighted by Crippen LogP contribution is -2.44. The van der Waals surface area contributed by atoms with Gasteiger partial charge in [0.15, 0.2) is 5.82 Å². The van der Waals surface area contributed by atoms with Gasteiger partial charge in [0.05, 0.1) is 6.04 Å². The number of ether oxygens (including phenoxy) is 1. The number of hydrogen-bond donors (Lipinski definition) is 2. The number of rotatable bonds is 5. The predicted molar refractivity (Wildman–Crippen MR) is 106 cm³/mol. The van der Waals surface area contributed by atoms with Crippen molar-refractivity contribution in [3.05, 3.63) is 71.3 Å². The third-order valence-corrected chi connectivity index (χ3v) is 5.07. The molecular weight excluding hydrogens is 354 g/mol. The van der Waals surface area contributed by atoms with Crippen LogP contribution in [0.1, 0.15) is 22.8 Å². The van der Waals surface area contributed by atoms with Gasteiger partial charge in [-0.2, -0.15) is 0 Å². The number of hydrogen-bond acceptors (Lipinski definition) is 5. The molecule has 1 aliphatic heterocycles. The van der Waals surface area contributed by atoms with Crippen LogP contribution in [0.3, 0.4) is 0 Å². The van der Waals surface area contributed by atoms with Crippen LogP contribution in [0.2, 0.25) is 0 Å². The number of aromatic nitrogens is 3. The fourth-order valence-electron chi connectivity index (χ4n) is 3.23. The molecule has 3 aromatic rings. The molecule has 0 aliphatic carbocycles. The van der Waals surface area contributed by atoms with Crippen LogP contribution in [0.4, 0.5) is 5.69 Å². The smallest absolute Gasteiger partial charge is 0.241 e. The van der Waals surface area contributed by atoms with E-state index in [-0.39, 0.29) is 11.9 Å². The van der Waals surface area contributed by atoms with Gasteiger partial charge in [0.1, 0.15) is 18.2 Å². The summed E-state index contributed by atoms with van der Waals surface area (Å²) in [6.45, 7) is 2.95. The Labute approximate surface area is 163 Å². The number of carbonyl (C=O) groups excluding carboxylic acids is 1. The van der Waals surface area contributed by atoms with Gasteiger partial charge in [-0.3, -0.25) is 4.79 Å². The lowest BCUT2D eigenvalue weighted by Gasteiger charge is -2.25. The van der Waals surface area contributed by atoms with Crippen LogP contribution in [-0.4, -0.2) is 26.7 Å². The second-order valence-corrected chi connectivity index (χ2v) is 6.93. The Balaban J connectivity index is 1.33. The van der Waals surface area contributed by atoms with Gasteiger partial charge in [-0.15, -0.1) is 10.2 Å². The first kappa shape index (κ1) is 18.2. The van der Waals surface area contributed by atoms with Gasteiger partial charge in [0.25, 0.3) is 0 Å². The first-order chi connectivity index (χ1) is 13.6. The maximum atomic E-state index is 12.6. The lowest BCUT2D eigenvalue weighted by atomic mass is 9.95. The normalized spacial score (nSPS) is 15.7. The van der Waals surface area contributed by atoms with E-state index in [4.69, 9.17) is 4.74 Å². The number of nitrogens with zero attached hydrogens (tertiary/aromatic N) is 3. The highest BCUT2D eigenvalue weighted by Gasteiger charge is 2.23. The Morgan fingerprint density at radius 3 is 2.64 bits per heavy atom. The van der Waals surface area contributed by atoms with Crippen molar-refractivity contribution in [3.8, 4) is 5.75 Å². The second kappa shape index (κ2) is 7.82. The van der Waals surface area contributed by atoms with Crippen LogP contribution in [0, 0.1) is 6.92 Å². The summed E-state index contributed by atoms with van der Waals surface area (Å²) in [5.74, 6) is 2.29. The third kappa shape index (κ3) is 3.89. The number of nitrogens with one attached hydrogen (secondary N) is 2. The van der Waals surface area contributed by atoms with Crippen molar-refractivity contribution >= 4 is 11.6 Å². The van der Waals surface area contributed by atoms with Gasteiger partial charge in [-0.05, 0) is 48.7 Å². The highest BCUT2D eigenvalue weighted by molar-refractivity contribution is 5.95. The van der Waals surface area contributed by atoms with Crippen LogP contribution in [0.25, 0.3) is 0 Å². The number of amides is 1. The molecule has 1 aromatic heterocycles. The molecular formula is C21H23N5O2. The molecule has 0 radical (unpaired) electrons. The molecule has 1 aliphatic rings. The maximum absolute atomic E-state index is 12.6. The Kier molecular flexibility index (Phi) is 5.08. The fraction of sp³-hybridized carbons (Fsp3) is 0.286. The lowest BCUT2D eigenvalue weighted by molar-refractivity contribution is -0.118. The van der Waals surface area contributed by atoms with Gasteiger partial charge in [-0.1, -0.05) is 24.3 Å². The summed E-state index contributed by atoms with van der Waals surface area (Å²) in [5, 5.41) is 14.4. The average Bonchev–Trinajstić information content (AvgIpc) is 3.05. The Bertz CT molecular complexity index is 981. The molecule has 0 unspecified atom stereocenters. The molecule has 0 fully saturated rings. The summed E-state index contributed by atoms with van der Waals surface area (Å²) in [6.07, 6.45) is 0.695. The van der Waals surface area contributed by atoms with E-state index in [1.807, 2.05) is 54.9 Å². The van der Waals surface area contributed by atoms with Gasteiger partial charge < -0.3 is 19.9 Å². The highest BCUT2D eigenvalue weighted by atomic mass is 16.5. The minimum absolute atomic E-state index is 0.0299. The molecule has 0 saturated carbocycles. The molecule has 1 atom stereocenters. The standard InChI is InChI=1S/C21H23N5O2/c1-14-24-25-20(26(14)2)13-28-18-9-7-17(8-10-18)23-21(27)19-11-15-5-3-4-6-16(15)12-22-19/h3-10,19,22H,11-13H2,1-2H3,(H,23,27)/t19-/m1/s1. The summed E-state index contributed by atoms with van der Waals surface area (Å²) in [7, 11) is 1.91. The van der Waals surface area contributed by atoms with Crippen LogP contribution >= 0.6 is 0 Å². The number of fused-ring (bicyclic) bond motifs is 1. The third-order valence-electron chi connectivity index (χ3n) is 5.07. The Hall–Kier alpha value is -3.19. The van der Waals surface area contributed by atoms with E-state index in [0.29, 0.717) is 25.3 Å². The maximum Gasteiger partial charge on any atom is 0.241 e. The Morgan fingerprint density at radius 2 is 1.93 bits per heavy atom. The van der Waals surface area contributed by atoms with E-state index in [0.717, 1.165) is 17.3 Å². The summed E-state index contributed by atoms with van der Waals surface area (Å²) >= 11 is 0. The van der Waals surface area contributed by atoms with Gasteiger partial charge >= 0.3 is 0 Å². The second-order valence-electron chi connectivity index (χ2n) is 6.93. The number of benzene rings is 2. The molecule has 1 amide bonds. The van der Waals surface area contributed by atoms with E-state index in [2.05, 4.69) is 33.0 Å². The van der Waals surface area contributed by atoms with E-state index in [9.17, 15) is 4.79 Å². The predicted octanol–water partition coefficient (Wildman–Crippen LogP) is 2.36. The van der Waals surface area contributed by atoms with Crippen LogP contribution < -0.4 is 15.4 Å². The average molecular weight is 377 g/mol. The van der Waals surface area contributed by atoms with Gasteiger partial charge in [0, 0.05) is 19.3 Å². The summed E-state index contributed by atoms with van der Waals surface area (Å²) in [5.41, 5.74) is 3.22. The molecule has 7 nitrogen and oxygen atoms in total. The van der Waals surface area contributed by atoms with Crippen molar-refractivity contribution in [1.29, 1.82) is 0 Å². The van der Waals surface area contributed by atoms with Gasteiger partial charge in [0.2, 0.25) is 5.91 Å². The summed E-state index contributed by atoms with van der Waals surface area (Å²) in [4.78, 5) is 12.6. The molecule has 2 N–H and O–H groups in total. The minimum atomic E-state index is -0.231. The zero-order chi connectivity index (χ0) is 19.5. The molecule has 4 rings (SSSR count).